The molecule has 2 aliphatic carbocycles. The third-order valence-corrected chi connectivity index (χ3v) is 17.0. The van der Waals surface area contributed by atoms with E-state index >= 15 is 0 Å². The molecule has 70 heavy (non-hydrogen) atoms. The van der Waals surface area contributed by atoms with Crippen LogP contribution < -0.4 is 31.1 Å². The zero-order chi connectivity index (χ0) is 51.0. The molecule has 0 fully saturated rings. The van der Waals surface area contributed by atoms with E-state index in [1.807, 2.05) is 12.1 Å². The lowest BCUT2D eigenvalue weighted by molar-refractivity contribution is 0.332. The Bertz CT molecular complexity index is 3450. The average molecular weight is 915 g/mol. The summed E-state index contributed by atoms with van der Waals surface area (Å²) in [5, 5.41) is 0. The number of anilines is 9. The Labute approximate surface area is 422 Å². The van der Waals surface area contributed by atoms with Crippen molar-refractivity contribution in [2.45, 2.75) is 117 Å². The first-order valence-corrected chi connectivity index (χ1v) is 25.5. The van der Waals surface area contributed by atoms with Crippen LogP contribution in [0.25, 0.3) is 11.1 Å². The molecule has 3 nitrogen and oxygen atoms in total. The molecule has 0 atom stereocenters. The molecule has 4 aliphatic rings. The van der Waals surface area contributed by atoms with Gasteiger partial charge in [-0.2, -0.15) is 0 Å². The second-order valence-electron chi connectivity index (χ2n) is 23.4. The molecule has 0 radical (unpaired) electrons. The standard InChI is InChI=1S/C66H66BN3/c1-43-36-60-62-61(37-43)70(57-31-26-46(38-44(57)2)45-20-14-11-15-21-45)58-40-50(68(47-22-16-12-17-23-47)48-24-18-13-19-25-48)28-30-55(58)67(62)56-41-53-54(66(9,10)35-34-65(53,7)8)42-59(56)69(60)49-27-29-51-52(39-49)64(5,6)33-32-63(51,3)4/h11-31,36-42H,32-35H2,1-10H3/i1D3. The molecule has 0 amide bonds. The summed E-state index contributed by atoms with van der Waals surface area (Å²) in [6.45, 7) is 18.8. The molecule has 12 rings (SSSR count). The molecule has 0 bridgehead atoms. The van der Waals surface area contributed by atoms with Gasteiger partial charge in [0.2, 0.25) is 0 Å². The van der Waals surface area contributed by atoms with E-state index in [-0.39, 0.29) is 28.4 Å². The smallest absolute Gasteiger partial charge is 0.252 e. The van der Waals surface area contributed by atoms with Crippen LogP contribution in [0.5, 0.6) is 0 Å². The quantitative estimate of drug-likeness (QED) is 0.154. The molecular formula is C66H66BN3. The van der Waals surface area contributed by atoms with Gasteiger partial charge in [0.05, 0.1) is 0 Å². The fourth-order valence-electron chi connectivity index (χ4n) is 12.8. The number of hydrogen-bond acceptors (Lipinski definition) is 3. The molecule has 0 unspecified atom stereocenters. The van der Waals surface area contributed by atoms with E-state index in [1.54, 1.807) is 0 Å². The van der Waals surface area contributed by atoms with E-state index in [2.05, 4.69) is 235 Å². The second kappa shape index (κ2) is 15.9. The summed E-state index contributed by atoms with van der Waals surface area (Å²) in [5.41, 5.74) is 21.9. The van der Waals surface area contributed by atoms with Gasteiger partial charge in [-0.25, -0.2) is 0 Å². The van der Waals surface area contributed by atoms with E-state index in [0.717, 1.165) is 99.0 Å². The lowest BCUT2D eigenvalue weighted by atomic mass is 9.33. The molecular weight excluding hydrogens is 846 g/mol. The molecule has 0 spiro atoms. The van der Waals surface area contributed by atoms with Crippen LogP contribution >= 0.6 is 0 Å². The molecule has 8 aromatic rings. The Morgan fingerprint density at radius 3 is 1.57 bits per heavy atom. The average Bonchev–Trinajstić information content (AvgIpc) is 3.37. The van der Waals surface area contributed by atoms with E-state index in [9.17, 15) is 4.11 Å². The number of fused-ring (bicyclic) bond motifs is 6. The molecule has 8 aromatic carbocycles. The van der Waals surface area contributed by atoms with E-state index < -0.39 is 6.85 Å². The summed E-state index contributed by atoms with van der Waals surface area (Å²) in [6.07, 6.45) is 4.41. The zero-order valence-electron chi connectivity index (χ0n) is 45.4. The normalized spacial score (nSPS) is 18.2. The maximum Gasteiger partial charge on any atom is 0.252 e. The SMILES string of the molecule is [2H]C([2H])([2H])c1cc2c3c(c1)N(c1ccc(-c4ccccc4)cc1C)c1cc(N(c4ccccc4)c4ccccc4)ccc1B3c1cc3c(cc1N2c1ccc2c(c1)C(C)(C)CCC2(C)C)C(C)(C)CCC3(C)C. The van der Waals surface area contributed by atoms with Gasteiger partial charge in [0.15, 0.2) is 0 Å². The first kappa shape index (κ1) is 41.0. The van der Waals surface area contributed by atoms with Crippen molar-refractivity contribution in [2.24, 2.45) is 0 Å². The fraction of sp³-hybridized carbons (Fsp3) is 0.273. The minimum atomic E-state index is -2.39. The number of aryl methyl sites for hydroxylation is 2. The third kappa shape index (κ3) is 6.99. The molecule has 4 heteroatoms. The Hall–Kier alpha value is -6.78. The lowest BCUT2D eigenvalue weighted by Crippen LogP contribution is -2.62. The molecule has 0 aromatic heterocycles. The lowest BCUT2D eigenvalue weighted by Gasteiger charge is -2.48. The van der Waals surface area contributed by atoms with E-state index in [1.165, 1.54) is 33.2 Å². The van der Waals surface area contributed by atoms with Gasteiger partial charge in [-0.05, 0) is 201 Å². The van der Waals surface area contributed by atoms with Gasteiger partial charge in [-0.1, -0.05) is 146 Å². The Morgan fingerprint density at radius 1 is 0.429 bits per heavy atom. The van der Waals surface area contributed by atoms with Crippen molar-refractivity contribution in [3.63, 3.8) is 0 Å². The number of hydrogen-bond donors (Lipinski definition) is 0. The van der Waals surface area contributed by atoms with Crippen LogP contribution in [-0.2, 0) is 21.7 Å². The van der Waals surface area contributed by atoms with Crippen molar-refractivity contribution in [3.05, 3.63) is 203 Å². The molecule has 2 heterocycles. The van der Waals surface area contributed by atoms with Crippen LogP contribution in [-0.4, -0.2) is 6.71 Å². The maximum atomic E-state index is 9.24. The molecule has 0 N–H and O–H groups in total. The monoisotopic (exact) mass is 915 g/mol. The molecule has 0 saturated carbocycles. The van der Waals surface area contributed by atoms with Gasteiger partial charge in [-0.15, -0.1) is 0 Å². The summed E-state index contributed by atoms with van der Waals surface area (Å²) < 4.78 is 27.7. The highest BCUT2D eigenvalue weighted by atomic mass is 15.2. The van der Waals surface area contributed by atoms with Crippen LogP contribution in [0.2, 0.25) is 0 Å². The molecule has 0 saturated heterocycles. The number of para-hydroxylation sites is 2. The largest absolute Gasteiger partial charge is 0.311 e. The Kier molecular flexibility index (Phi) is 9.31. The summed E-state index contributed by atoms with van der Waals surface area (Å²) in [5.74, 6) is 0. The van der Waals surface area contributed by atoms with Crippen LogP contribution in [0, 0.1) is 13.8 Å². The van der Waals surface area contributed by atoms with Crippen molar-refractivity contribution in [2.75, 3.05) is 14.7 Å². The van der Waals surface area contributed by atoms with E-state index in [4.69, 9.17) is 0 Å². The van der Waals surface area contributed by atoms with E-state index in [0.29, 0.717) is 5.56 Å². The van der Waals surface area contributed by atoms with Crippen molar-refractivity contribution in [1.82, 2.24) is 0 Å². The first-order valence-electron chi connectivity index (χ1n) is 27.0. The fourth-order valence-corrected chi connectivity index (χ4v) is 12.8. The Balaban J connectivity index is 1.20. The van der Waals surface area contributed by atoms with Gasteiger partial charge in [-0.3, -0.25) is 0 Å². The maximum absolute atomic E-state index is 9.24. The summed E-state index contributed by atoms with van der Waals surface area (Å²) in [6, 6.07) is 61.8. The first-order chi connectivity index (χ1) is 34.7. The highest BCUT2D eigenvalue weighted by Gasteiger charge is 2.47. The summed E-state index contributed by atoms with van der Waals surface area (Å²) in [4.78, 5) is 7.19. The Morgan fingerprint density at radius 2 is 0.971 bits per heavy atom. The third-order valence-electron chi connectivity index (χ3n) is 17.0. The number of rotatable bonds is 6. The highest BCUT2D eigenvalue weighted by Crippen LogP contribution is 2.53. The van der Waals surface area contributed by atoms with Crippen molar-refractivity contribution in [1.29, 1.82) is 0 Å². The zero-order valence-corrected chi connectivity index (χ0v) is 42.4. The number of nitrogens with zero attached hydrogens (tertiary/aromatic N) is 3. The van der Waals surface area contributed by atoms with Crippen LogP contribution in [0.15, 0.2) is 170 Å². The van der Waals surface area contributed by atoms with Crippen LogP contribution in [0.4, 0.5) is 51.2 Å². The van der Waals surface area contributed by atoms with Gasteiger partial charge in [0.25, 0.3) is 6.71 Å². The summed E-state index contributed by atoms with van der Waals surface area (Å²) >= 11 is 0. The van der Waals surface area contributed by atoms with Crippen LogP contribution in [0.1, 0.15) is 119 Å². The minimum absolute atomic E-state index is 0.0336. The molecule has 2 aliphatic heterocycles. The minimum Gasteiger partial charge on any atom is -0.311 e. The predicted molar refractivity (Wildman–Crippen MR) is 301 cm³/mol. The van der Waals surface area contributed by atoms with Gasteiger partial charge in [0, 0.05) is 55.3 Å². The summed E-state index contributed by atoms with van der Waals surface area (Å²) in [7, 11) is 0. The van der Waals surface area contributed by atoms with Crippen molar-refractivity contribution in [3.8, 4) is 11.1 Å². The van der Waals surface area contributed by atoms with Gasteiger partial charge in [0.1, 0.15) is 0 Å². The van der Waals surface area contributed by atoms with Crippen LogP contribution in [0.3, 0.4) is 0 Å². The number of benzene rings is 8. The second-order valence-corrected chi connectivity index (χ2v) is 23.4. The van der Waals surface area contributed by atoms with Gasteiger partial charge < -0.3 is 14.7 Å². The predicted octanol–water partition coefficient (Wildman–Crippen LogP) is 16.2. The molecule has 348 valence electrons. The highest BCUT2D eigenvalue weighted by molar-refractivity contribution is 7.00. The van der Waals surface area contributed by atoms with Crippen molar-refractivity contribution < 1.29 is 4.11 Å². The topological polar surface area (TPSA) is 9.72 Å². The van der Waals surface area contributed by atoms with Gasteiger partial charge >= 0.3 is 0 Å². The van der Waals surface area contributed by atoms with Crippen molar-refractivity contribution >= 4 is 74.3 Å².